The van der Waals surface area contributed by atoms with Gasteiger partial charge in [0.25, 0.3) is 11.6 Å². The number of carbonyl (C=O) groups excluding carboxylic acids is 3. The molecule has 0 spiro atoms. The van der Waals surface area contributed by atoms with Gasteiger partial charge in [-0.3, -0.25) is 20.2 Å². The van der Waals surface area contributed by atoms with E-state index in [0.717, 1.165) is 31.7 Å². The van der Waals surface area contributed by atoms with Crippen LogP contribution in [-0.4, -0.2) is 41.2 Å². The zero-order chi connectivity index (χ0) is 20.0. The Labute approximate surface area is 160 Å². The second kappa shape index (κ2) is 9.36. The zero-order valence-corrected chi connectivity index (χ0v) is 15.8. The van der Waals surface area contributed by atoms with E-state index in [2.05, 4.69) is 10.6 Å². The molecule has 0 saturated heterocycles. The molecule has 1 aromatic carbocycles. The van der Waals surface area contributed by atoms with Crippen LogP contribution >= 0.6 is 11.8 Å². The van der Waals surface area contributed by atoms with Crippen LogP contribution in [0.15, 0.2) is 23.1 Å². The van der Waals surface area contributed by atoms with Crippen LogP contribution in [-0.2, 0) is 9.53 Å². The summed E-state index contributed by atoms with van der Waals surface area (Å²) < 4.78 is 5.02. The Morgan fingerprint density at radius 3 is 2.56 bits per heavy atom. The van der Waals surface area contributed by atoms with Gasteiger partial charge in [0.15, 0.2) is 6.10 Å². The van der Waals surface area contributed by atoms with Gasteiger partial charge in [-0.15, -0.1) is 11.8 Å². The molecule has 1 aromatic rings. The van der Waals surface area contributed by atoms with E-state index in [0.29, 0.717) is 4.90 Å². The Balaban J connectivity index is 1.93. The van der Waals surface area contributed by atoms with Gasteiger partial charge in [-0.2, -0.15) is 0 Å². The summed E-state index contributed by atoms with van der Waals surface area (Å²) in [5, 5.41) is 15.9. The SMILES string of the molecule is CSc1ccc(C(=O)O[C@H](C)C(=O)NC(=O)NC2CCCC2)cc1[N+](=O)[O-]. The van der Waals surface area contributed by atoms with Gasteiger partial charge in [0.2, 0.25) is 0 Å². The van der Waals surface area contributed by atoms with Gasteiger partial charge in [-0.05, 0) is 38.2 Å². The zero-order valence-electron chi connectivity index (χ0n) is 15.0. The lowest BCUT2D eigenvalue weighted by atomic mass is 10.2. The fourth-order valence-electron chi connectivity index (χ4n) is 2.75. The maximum Gasteiger partial charge on any atom is 0.339 e. The van der Waals surface area contributed by atoms with Crippen molar-refractivity contribution in [2.75, 3.05) is 6.26 Å². The van der Waals surface area contributed by atoms with Crippen molar-refractivity contribution in [3.05, 3.63) is 33.9 Å². The number of amides is 3. The Morgan fingerprint density at radius 2 is 1.96 bits per heavy atom. The van der Waals surface area contributed by atoms with Gasteiger partial charge < -0.3 is 10.1 Å². The maximum absolute atomic E-state index is 12.2. The van der Waals surface area contributed by atoms with Crippen molar-refractivity contribution in [3.63, 3.8) is 0 Å². The van der Waals surface area contributed by atoms with Gasteiger partial charge in [-0.1, -0.05) is 12.8 Å². The molecular formula is C17H21N3O6S. The molecule has 27 heavy (non-hydrogen) atoms. The molecule has 10 heteroatoms. The monoisotopic (exact) mass is 395 g/mol. The number of hydrogen-bond donors (Lipinski definition) is 2. The normalized spacial score (nSPS) is 15.0. The van der Waals surface area contributed by atoms with E-state index in [1.807, 2.05) is 0 Å². The number of hydrogen-bond acceptors (Lipinski definition) is 7. The third-order valence-corrected chi connectivity index (χ3v) is 4.98. The van der Waals surface area contributed by atoms with Crippen LogP contribution < -0.4 is 10.6 Å². The first-order valence-corrected chi connectivity index (χ1v) is 9.69. The van der Waals surface area contributed by atoms with Crippen LogP contribution in [0.1, 0.15) is 43.0 Å². The molecule has 0 bridgehead atoms. The molecule has 0 aromatic heterocycles. The van der Waals surface area contributed by atoms with Crippen molar-refractivity contribution in [3.8, 4) is 0 Å². The summed E-state index contributed by atoms with van der Waals surface area (Å²) in [6.07, 6.45) is 4.27. The second-order valence-corrected chi connectivity index (χ2v) is 6.98. The summed E-state index contributed by atoms with van der Waals surface area (Å²) in [7, 11) is 0. The molecule has 0 unspecified atom stereocenters. The van der Waals surface area contributed by atoms with Crippen molar-refractivity contribution in [2.45, 2.75) is 49.6 Å². The van der Waals surface area contributed by atoms with Crippen LogP contribution in [0.4, 0.5) is 10.5 Å². The molecule has 1 aliphatic rings. The smallest absolute Gasteiger partial charge is 0.339 e. The number of esters is 1. The van der Waals surface area contributed by atoms with Crippen molar-refractivity contribution >= 4 is 35.4 Å². The molecule has 146 valence electrons. The molecule has 1 atom stereocenters. The highest BCUT2D eigenvalue weighted by Crippen LogP contribution is 2.28. The summed E-state index contributed by atoms with van der Waals surface area (Å²) in [4.78, 5) is 46.9. The summed E-state index contributed by atoms with van der Waals surface area (Å²) in [6.45, 7) is 1.32. The van der Waals surface area contributed by atoms with E-state index in [9.17, 15) is 24.5 Å². The quantitative estimate of drug-likeness (QED) is 0.328. The largest absolute Gasteiger partial charge is 0.449 e. The molecular weight excluding hydrogens is 374 g/mol. The number of nitrogens with one attached hydrogen (secondary N) is 2. The fourth-order valence-corrected chi connectivity index (χ4v) is 3.29. The minimum atomic E-state index is -1.23. The number of rotatable bonds is 6. The minimum Gasteiger partial charge on any atom is -0.449 e. The molecule has 1 fully saturated rings. The molecule has 0 aliphatic heterocycles. The Kier molecular flexibility index (Phi) is 7.17. The lowest BCUT2D eigenvalue weighted by Crippen LogP contribution is -2.47. The predicted octanol–water partition coefficient (Wildman–Crippen LogP) is 2.63. The fraction of sp³-hybridized carbons (Fsp3) is 0.471. The molecule has 2 rings (SSSR count). The number of nitro benzene ring substituents is 1. The van der Waals surface area contributed by atoms with E-state index in [1.165, 1.54) is 30.8 Å². The van der Waals surface area contributed by atoms with E-state index < -0.39 is 28.9 Å². The molecule has 9 nitrogen and oxygen atoms in total. The van der Waals surface area contributed by atoms with Gasteiger partial charge in [0.05, 0.1) is 15.4 Å². The van der Waals surface area contributed by atoms with E-state index in [4.69, 9.17) is 4.74 Å². The maximum atomic E-state index is 12.2. The van der Waals surface area contributed by atoms with Crippen molar-refractivity contribution in [1.82, 2.24) is 10.6 Å². The first-order valence-electron chi connectivity index (χ1n) is 8.46. The highest BCUT2D eigenvalue weighted by molar-refractivity contribution is 7.98. The second-order valence-electron chi connectivity index (χ2n) is 6.14. The first-order chi connectivity index (χ1) is 12.8. The Morgan fingerprint density at radius 1 is 1.30 bits per heavy atom. The predicted molar refractivity (Wildman–Crippen MR) is 98.7 cm³/mol. The third kappa shape index (κ3) is 5.68. The highest BCUT2D eigenvalue weighted by atomic mass is 32.2. The van der Waals surface area contributed by atoms with Crippen LogP contribution in [0.3, 0.4) is 0 Å². The number of benzene rings is 1. The standard InChI is InChI=1S/C17H21N3O6S/c1-10(15(21)19-17(23)18-12-5-3-4-6-12)26-16(22)11-7-8-14(27-2)13(9-11)20(24)25/h7-10,12H,3-6H2,1-2H3,(H2,18,19,21,23)/t10-/m1/s1. The van der Waals surface area contributed by atoms with E-state index in [1.54, 1.807) is 6.26 Å². The van der Waals surface area contributed by atoms with Crippen LogP contribution in [0.25, 0.3) is 0 Å². The van der Waals surface area contributed by atoms with Crippen LogP contribution in [0.5, 0.6) is 0 Å². The lowest BCUT2D eigenvalue weighted by molar-refractivity contribution is -0.387. The lowest BCUT2D eigenvalue weighted by Gasteiger charge is -2.15. The number of ether oxygens (including phenoxy) is 1. The summed E-state index contributed by atoms with van der Waals surface area (Å²) in [5.41, 5.74) is -0.264. The summed E-state index contributed by atoms with van der Waals surface area (Å²) in [6, 6.07) is 3.35. The average molecular weight is 395 g/mol. The number of nitrogens with zero attached hydrogens (tertiary/aromatic N) is 1. The number of thioether (sulfide) groups is 1. The Bertz CT molecular complexity index is 748. The van der Waals surface area contributed by atoms with Gasteiger partial charge in [0.1, 0.15) is 0 Å². The average Bonchev–Trinajstić information content (AvgIpc) is 3.13. The molecule has 0 radical (unpaired) electrons. The number of nitro groups is 1. The van der Waals surface area contributed by atoms with Gasteiger partial charge in [-0.25, -0.2) is 9.59 Å². The minimum absolute atomic E-state index is 0.0467. The molecule has 1 saturated carbocycles. The summed E-state index contributed by atoms with van der Waals surface area (Å²) in [5.74, 6) is -1.65. The first kappa shape index (κ1) is 20.7. The third-order valence-electron chi connectivity index (χ3n) is 4.19. The van der Waals surface area contributed by atoms with Crippen molar-refractivity contribution < 1.29 is 24.0 Å². The highest BCUT2D eigenvalue weighted by Gasteiger charge is 2.24. The molecule has 3 amide bonds. The van der Waals surface area contributed by atoms with Crippen LogP contribution in [0.2, 0.25) is 0 Å². The van der Waals surface area contributed by atoms with Gasteiger partial charge >= 0.3 is 12.0 Å². The van der Waals surface area contributed by atoms with E-state index in [-0.39, 0.29) is 17.3 Å². The van der Waals surface area contributed by atoms with Crippen molar-refractivity contribution in [2.24, 2.45) is 0 Å². The van der Waals surface area contributed by atoms with Crippen LogP contribution in [0, 0.1) is 10.1 Å². The number of carbonyl (C=O) groups is 3. The molecule has 0 heterocycles. The molecule has 2 N–H and O–H groups in total. The van der Waals surface area contributed by atoms with Gasteiger partial charge in [0, 0.05) is 12.1 Å². The van der Waals surface area contributed by atoms with E-state index >= 15 is 0 Å². The Hall–Kier alpha value is -2.62. The topological polar surface area (TPSA) is 128 Å². The number of imide groups is 1. The summed E-state index contributed by atoms with van der Waals surface area (Å²) >= 11 is 1.18. The molecule has 1 aliphatic carbocycles. The number of urea groups is 1. The van der Waals surface area contributed by atoms with Crippen molar-refractivity contribution in [1.29, 1.82) is 0 Å².